The minimum Gasteiger partial charge on any atom is -0.390 e. The average Bonchev–Trinajstić information content (AvgIpc) is 2.88. The lowest BCUT2D eigenvalue weighted by atomic mass is 9.77. The van der Waals surface area contributed by atoms with Crippen LogP contribution in [0.4, 0.5) is 0 Å². The SMILES string of the molecule is C[C@H]1CNC(=O)CCNC(=O)[C@H](C)C(O[C@H]2CC(C)(C)[C@@H](O)[C@H](C)O2)[C@H](C)[C@@H](O[C@@H]2O[C@H](C)C[C@H](C)[C@H]2O)[C@](C)(O)C1. The molecule has 244 valence electrons. The quantitative estimate of drug-likeness (QED) is 0.326. The van der Waals surface area contributed by atoms with Crippen molar-refractivity contribution in [1.82, 2.24) is 10.6 Å². The zero-order valence-corrected chi connectivity index (χ0v) is 27.0. The second-order valence-electron chi connectivity index (χ2n) is 14.2. The Labute approximate surface area is 251 Å². The van der Waals surface area contributed by atoms with Gasteiger partial charge in [-0.1, -0.05) is 41.5 Å². The van der Waals surface area contributed by atoms with Gasteiger partial charge in [0.15, 0.2) is 12.6 Å². The maximum Gasteiger partial charge on any atom is 0.225 e. The van der Waals surface area contributed by atoms with Gasteiger partial charge in [0.05, 0.1) is 42.0 Å². The fourth-order valence-electron chi connectivity index (χ4n) is 6.94. The topological polar surface area (TPSA) is 156 Å². The number of carbonyl (C=O) groups is 2. The second kappa shape index (κ2) is 14.2. The number of hydrogen-bond donors (Lipinski definition) is 5. The highest BCUT2D eigenvalue weighted by molar-refractivity contribution is 5.80. The summed E-state index contributed by atoms with van der Waals surface area (Å²) in [6.45, 7) is 17.3. The van der Waals surface area contributed by atoms with Crippen molar-refractivity contribution in [3.63, 3.8) is 0 Å². The number of hydrogen-bond acceptors (Lipinski definition) is 9. The number of amides is 2. The molecule has 11 nitrogen and oxygen atoms in total. The molecule has 13 atom stereocenters. The Balaban J connectivity index is 2.01. The van der Waals surface area contributed by atoms with Crippen LogP contribution in [0.5, 0.6) is 0 Å². The third-order valence-corrected chi connectivity index (χ3v) is 9.40. The highest BCUT2D eigenvalue weighted by Crippen LogP contribution is 2.40. The van der Waals surface area contributed by atoms with Gasteiger partial charge < -0.3 is 44.9 Å². The second-order valence-corrected chi connectivity index (χ2v) is 14.2. The van der Waals surface area contributed by atoms with Crippen LogP contribution in [-0.4, -0.2) is 95.0 Å². The van der Waals surface area contributed by atoms with Crippen LogP contribution in [0.1, 0.15) is 88.0 Å². The van der Waals surface area contributed by atoms with E-state index in [2.05, 4.69) is 10.6 Å². The summed E-state index contributed by atoms with van der Waals surface area (Å²) in [5.74, 6) is -1.95. The molecule has 0 aromatic heterocycles. The van der Waals surface area contributed by atoms with Crippen molar-refractivity contribution in [2.75, 3.05) is 13.1 Å². The fourth-order valence-corrected chi connectivity index (χ4v) is 6.94. The van der Waals surface area contributed by atoms with Gasteiger partial charge in [0.1, 0.15) is 6.10 Å². The number of rotatable bonds is 4. The molecular formula is C31H56N2O9. The van der Waals surface area contributed by atoms with Crippen LogP contribution in [0.2, 0.25) is 0 Å². The monoisotopic (exact) mass is 600 g/mol. The first-order chi connectivity index (χ1) is 19.4. The van der Waals surface area contributed by atoms with Gasteiger partial charge in [-0.05, 0) is 50.9 Å². The maximum atomic E-state index is 13.4. The molecule has 0 spiro atoms. The third-order valence-electron chi connectivity index (χ3n) is 9.40. The predicted molar refractivity (Wildman–Crippen MR) is 156 cm³/mol. The average molecular weight is 601 g/mol. The zero-order valence-electron chi connectivity index (χ0n) is 27.0. The molecule has 1 unspecified atom stereocenters. The van der Waals surface area contributed by atoms with E-state index in [9.17, 15) is 24.9 Å². The van der Waals surface area contributed by atoms with E-state index in [0.29, 0.717) is 19.4 Å². The van der Waals surface area contributed by atoms with E-state index in [1.54, 1.807) is 20.8 Å². The highest BCUT2D eigenvalue weighted by atomic mass is 16.7. The summed E-state index contributed by atoms with van der Waals surface area (Å²) in [6.07, 6.45) is -4.14. The fraction of sp³-hybridized carbons (Fsp3) is 0.935. The molecule has 3 aliphatic rings. The number of carbonyl (C=O) groups excluding carboxylic acids is 2. The van der Waals surface area contributed by atoms with Crippen LogP contribution in [0.25, 0.3) is 0 Å². The van der Waals surface area contributed by atoms with E-state index >= 15 is 0 Å². The lowest BCUT2D eigenvalue weighted by Gasteiger charge is -2.48. The minimum absolute atomic E-state index is 0.0748. The lowest BCUT2D eigenvalue weighted by Crippen LogP contribution is -2.58. The lowest BCUT2D eigenvalue weighted by molar-refractivity contribution is -0.311. The van der Waals surface area contributed by atoms with E-state index in [0.717, 1.165) is 0 Å². The van der Waals surface area contributed by atoms with Crippen molar-refractivity contribution in [3.05, 3.63) is 0 Å². The van der Waals surface area contributed by atoms with Gasteiger partial charge in [0.2, 0.25) is 11.8 Å². The van der Waals surface area contributed by atoms with Gasteiger partial charge in [-0.15, -0.1) is 0 Å². The van der Waals surface area contributed by atoms with Crippen LogP contribution in [0.15, 0.2) is 0 Å². The first kappa shape index (κ1) is 35.1. The van der Waals surface area contributed by atoms with Crippen molar-refractivity contribution in [2.24, 2.45) is 29.1 Å². The van der Waals surface area contributed by atoms with Crippen molar-refractivity contribution in [3.8, 4) is 0 Å². The molecule has 3 fully saturated rings. The van der Waals surface area contributed by atoms with Crippen molar-refractivity contribution < 1.29 is 43.9 Å². The maximum absolute atomic E-state index is 13.4. The molecule has 0 bridgehead atoms. The Hall–Kier alpha value is -1.34. The number of aliphatic hydroxyl groups is 3. The van der Waals surface area contributed by atoms with E-state index in [1.165, 1.54) is 0 Å². The standard InChI is InChI=1S/C31H56N2O9/c1-16-13-31(9,38)27(42-29-24(35)17(2)12-18(3)39-29)19(4)25(20(5)28(37)32-11-10-22(34)33-15-16)41-23-14-30(7,8)26(36)21(6)40-23/h16-21,23-27,29,35-36,38H,10-15H2,1-9H3,(H,32,37)(H,33,34)/t16-,17+,18-,19+,20-,21+,23+,24-,25?,26+,27-,29+,31-/m1/s1. The summed E-state index contributed by atoms with van der Waals surface area (Å²) in [4.78, 5) is 25.8. The molecule has 3 heterocycles. The summed E-state index contributed by atoms with van der Waals surface area (Å²) in [5.41, 5.74) is -1.94. The van der Waals surface area contributed by atoms with E-state index in [1.807, 2.05) is 41.5 Å². The van der Waals surface area contributed by atoms with Crippen LogP contribution in [0, 0.1) is 29.1 Å². The molecule has 42 heavy (non-hydrogen) atoms. The Morgan fingerprint density at radius 3 is 2.24 bits per heavy atom. The Morgan fingerprint density at radius 1 is 0.929 bits per heavy atom. The number of ether oxygens (including phenoxy) is 4. The number of nitrogens with one attached hydrogen (secondary N) is 2. The molecule has 2 amide bonds. The predicted octanol–water partition coefficient (Wildman–Crippen LogP) is 2.10. The van der Waals surface area contributed by atoms with Gasteiger partial charge in [0, 0.05) is 31.8 Å². The summed E-state index contributed by atoms with van der Waals surface area (Å²) >= 11 is 0. The first-order valence-electron chi connectivity index (χ1n) is 15.7. The summed E-state index contributed by atoms with van der Waals surface area (Å²) in [5, 5.41) is 39.5. The van der Waals surface area contributed by atoms with Crippen LogP contribution in [-0.2, 0) is 28.5 Å². The minimum atomic E-state index is -1.45. The molecule has 11 heteroatoms. The zero-order chi connectivity index (χ0) is 31.6. The van der Waals surface area contributed by atoms with E-state index in [-0.39, 0.29) is 49.1 Å². The molecule has 0 aromatic carbocycles. The normalized spacial score (nSPS) is 46.3. The van der Waals surface area contributed by atoms with Gasteiger partial charge >= 0.3 is 0 Å². The molecule has 5 N–H and O–H groups in total. The van der Waals surface area contributed by atoms with Gasteiger partial charge in [-0.25, -0.2) is 0 Å². The Morgan fingerprint density at radius 2 is 1.60 bits per heavy atom. The molecule has 0 radical (unpaired) electrons. The van der Waals surface area contributed by atoms with Gasteiger partial charge in [-0.3, -0.25) is 9.59 Å². The third kappa shape index (κ3) is 8.64. The first-order valence-corrected chi connectivity index (χ1v) is 15.7. The molecule has 0 aliphatic carbocycles. The molecule has 3 aliphatic heterocycles. The Kier molecular flexibility index (Phi) is 11.9. The van der Waals surface area contributed by atoms with Crippen LogP contribution < -0.4 is 10.6 Å². The van der Waals surface area contributed by atoms with Crippen molar-refractivity contribution in [1.29, 1.82) is 0 Å². The van der Waals surface area contributed by atoms with Crippen molar-refractivity contribution >= 4 is 11.8 Å². The summed E-state index contributed by atoms with van der Waals surface area (Å²) in [6, 6.07) is 0. The van der Waals surface area contributed by atoms with Crippen LogP contribution >= 0.6 is 0 Å². The van der Waals surface area contributed by atoms with E-state index < -0.39 is 66.0 Å². The summed E-state index contributed by atoms with van der Waals surface area (Å²) in [7, 11) is 0. The molecule has 0 saturated carbocycles. The smallest absolute Gasteiger partial charge is 0.225 e. The molecule has 0 aromatic rings. The summed E-state index contributed by atoms with van der Waals surface area (Å²) < 4.78 is 25.2. The van der Waals surface area contributed by atoms with Crippen LogP contribution in [0.3, 0.4) is 0 Å². The highest BCUT2D eigenvalue weighted by Gasteiger charge is 2.49. The Bertz CT molecular complexity index is 915. The molecular weight excluding hydrogens is 544 g/mol. The van der Waals surface area contributed by atoms with E-state index in [4.69, 9.17) is 18.9 Å². The number of aliphatic hydroxyl groups excluding tert-OH is 2. The van der Waals surface area contributed by atoms with Crippen molar-refractivity contribution in [2.45, 2.75) is 143 Å². The largest absolute Gasteiger partial charge is 0.390 e. The van der Waals surface area contributed by atoms with Gasteiger partial charge in [0.25, 0.3) is 0 Å². The van der Waals surface area contributed by atoms with Gasteiger partial charge in [-0.2, -0.15) is 0 Å². The molecule has 3 rings (SSSR count). The molecule has 3 saturated heterocycles.